The second-order valence-electron chi connectivity index (χ2n) is 4.42. The van der Waals surface area contributed by atoms with Crippen molar-refractivity contribution >= 4 is 11.9 Å². The number of anilines is 1. The lowest BCUT2D eigenvalue weighted by atomic mass is 10.1. The molecule has 0 radical (unpaired) electrons. The zero-order valence-corrected chi connectivity index (χ0v) is 11.0. The largest absolute Gasteiger partial charge is 0.304 e. The monoisotopic (exact) mass is 237 g/mol. The number of carbonyl (C=O) groups excluding carboxylic acids is 1. The summed E-state index contributed by atoms with van der Waals surface area (Å²) in [6.45, 7) is 9.93. The summed E-state index contributed by atoms with van der Waals surface area (Å²) in [6, 6.07) is 0. The van der Waals surface area contributed by atoms with E-state index in [0.29, 0.717) is 6.54 Å². The number of carbonyl (C=O) groups is 1. The van der Waals surface area contributed by atoms with Crippen molar-refractivity contribution in [3.8, 4) is 0 Å². The average molecular weight is 237 g/mol. The molecule has 1 rings (SSSR count). The fourth-order valence-corrected chi connectivity index (χ4v) is 1.29. The van der Waals surface area contributed by atoms with Crippen LogP contribution in [0.1, 0.15) is 32.2 Å². The first kappa shape index (κ1) is 13.5. The average Bonchev–Trinajstić information content (AvgIpc) is 2.23. The summed E-state index contributed by atoms with van der Waals surface area (Å²) in [5, 5.41) is 13.5. The van der Waals surface area contributed by atoms with E-state index >= 15 is 0 Å². The zero-order valence-electron chi connectivity index (χ0n) is 11.0. The fraction of sp³-hybridized carbons (Fsp3) is 0.636. The summed E-state index contributed by atoms with van der Waals surface area (Å²) in [5.74, 6) is 0.0634. The third-order valence-electron chi connectivity index (χ3n) is 2.50. The van der Waals surface area contributed by atoms with E-state index in [1.165, 1.54) is 0 Å². The van der Waals surface area contributed by atoms with E-state index in [0.717, 1.165) is 11.4 Å². The van der Waals surface area contributed by atoms with Crippen LogP contribution in [0.2, 0.25) is 0 Å². The van der Waals surface area contributed by atoms with E-state index in [2.05, 4.69) is 25.8 Å². The number of nitrogens with one attached hydrogen (secondary N) is 2. The van der Waals surface area contributed by atoms with Gasteiger partial charge in [-0.05, 0) is 34.2 Å². The maximum absolute atomic E-state index is 11.9. The Balaban J connectivity index is 2.77. The molecule has 0 fully saturated rings. The van der Waals surface area contributed by atoms with E-state index in [1.807, 2.05) is 20.8 Å². The molecule has 0 aliphatic carbocycles. The highest BCUT2D eigenvalue weighted by Gasteiger charge is 2.26. The Morgan fingerprint density at radius 3 is 2.41 bits per heavy atom. The molecule has 17 heavy (non-hydrogen) atoms. The third kappa shape index (κ3) is 3.45. The van der Waals surface area contributed by atoms with Gasteiger partial charge in [-0.15, -0.1) is 5.10 Å². The van der Waals surface area contributed by atoms with Crippen molar-refractivity contribution in [2.24, 2.45) is 0 Å². The van der Waals surface area contributed by atoms with Crippen LogP contribution in [0.5, 0.6) is 0 Å². The fourth-order valence-electron chi connectivity index (χ4n) is 1.29. The number of hydrogen-bond donors (Lipinski definition) is 2. The Morgan fingerprint density at radius 1 is 1.24 bits per heavy atom. The Hall–Kier alpha value is -1.56. The van der Waals surface area contributed by atoms with E-state index < -0.39 is 5.54 Å². The smallest absolute Gasteiger partial charge is 0.249 e. The van der Waals surface area contributed by atoms with Crippen molar-refractivity contribution < 1.29 is 4.79 Å². The summed E-state index contributed by atoms with van der Waals surface area (Å²) in [7, 11) is 0. The quantitative estimate of drug-likeness (QED) is 0.810. The minimum atomic E-state index is -0.656. The highest BCUT2D eigenvalue weighted by molar-refractivity contribution is 5.96. The normalized spacial score (nSPS) is 11.4. The molecular formula is C11H19N5O. The molecule has 1 aromatic heterocycles. The van der Waals surface area contributed by atoms with Gasteiger partial charge in [0.1, 0.15) is 0 Å². The van der Waals surface area contributed by atoms with Crippen LogP contribution in [0.25, 0.3) is 0 Å². The van der Waals surface area contributed by atoms with Gasteiger partial charge >= 0.3 is 0 Å². The van der Waals surface area contributed by atoms with Gasteiger partial charge in [0.2, 0.25) is 11.9 Å². The molecule has 1 heterocycles. The van der Waals surface area contributed by atoms with E-state index in [9.17, 15) is 4.79 Å². The van der Waals surface area contributed by atoms with Crippen molar-refractivity contribution in [3.05, 3.63) is 11.4 Å². The van der Waals surface area contributed by atoms with Gasteiger partial charge < -0.3 is 5.32 Å². The number of likely N-dealkylation sites (N-methyl/N-ethyl adjacent to an activating group) is 1. The van der Waals surface area contributed by atoms with Gasteiger partial charge in [0.05, 0.1) is 16.9 Å². The van der Waals surface area contributed by atoms with Crippen LogP contribution in [-0.2, 0) is 4.79 Å². The molecule has 6 heteroatoms. The minimum Gasteiger partial charge on any atom is -0.304 e. The maximum atomic E-state index is 11.9. The summed E-state index contributed by atoms with van der Waals surface area (Å²) < 4.78 is 0. The van der Waals surface area contributed by atoms with E-state index in [-0.39, 0.29) is 11.9 Å². The van der Waals surface area contributed by atoms with Gasteiger partial charge in [-0.3, -0.25) is 10.1 Å². The zero-order chi connectivity index (χ0) is 13.1. The summed E-state index contributed by atoms with van der Waals surface area (Å²) in [5.41, 5.74) is 0.863. The molecule has 1 amide bonds. The lowest BCUT2D eigenvalue weighted by Gasteiger charge is -2.23. The molecule has 94 valence electrons. The van der Waals surface area contributed by atoms with E-state index in [4.69, 9.17) is 0 Å². The number of rotatable bonds is 4. The van der Waals surface area contributed by atoms with Gasteiger partial charge in [0.25, 0.3) is 0 Å². The summed E-state index contributed by atoms with van der Waals surface area (Å²) in [4.78, 5) is 16.1. The van der Waals surface area contributed by atoms with Crippen LogP contribution in [-0.4, -0.2) is 33.2 Å². The molecule has 6 nitrogen and oxygen atoms in total. The Kier molecular flexibility index (Phi) is 4.11. The SMILES string of the molecule is CCNC(C)(C)C(=O)Nc1nnc(C)c(C)n1. The molecular weight excluding hydrogens is 218 g/mol. The van der Waals surface area contributed by atoms with Crippen LogP contribution in [0.15, 0.2) is 0 Å². The van der Waals surface area contributed by atoms with Gasteiger partial charge in [0, 0.05) is 0 Å². The summed E-state index contributed by atoms with van der Waals surface area (Å²) in [6.07, 6.45) is 0. The number of amides is 1. The lowest BCUT2D eigenvalue weighted by molar-refractivity contribution is -0.121. The van der Waals surface area contributed by atoms with Crippen LogP contribution in [0.3, 0.4) is 0 Å². The van der Waals surface area contributed by atoms with Gasteiger partial charge in [-0.2, -0.15) is 5.10 Å². The Bertz CT molecular complexity index is 416. The lowest BCUT2D eigenvalue weighted by Crippen LogP contribution is -2.49. The van der Waals surface area contributed by atoms with Crippen molar-refractivity contribution in [2.75, 3.05) is 11.9 Å². The first-order valence-corrected chi connectivity index (χ1v) is 5.61. The molecule has 0 atom stereocenters. The predicted octanol–water partition coefficient (Wildman–Crippen LogP) is 0.815. The molecule has 0 unspecified atom stereocenters. The number of nitrogens with zero attached hydrogens (tertiary/aromatic N) is 3. The number of hydrogen-bond acceptors (Lipinski definition) is 5. The van der Waals surface area contributed by atoms with Crippen molar-refractivity contribution in [1.82, 2.24) is 20.5 Å². The van der Waals surface area contributed by atoms with Gasteiger partial charge in [0.15, 0.2) is 0 Å². The second-order valence-corrected chi connectivity index (χ2v) is 4.42. The van der Waals surface area contributed by atoms with Gasteiger partial charge in [-0.1, -0.05) is 6.92 Å². The number of aryl methyl sites for hydroxylation is 2. The van der Waals surface area contributed by atoms with Crippen LogP contribution >= 0.6 is 0 Å². The molecule has 0 aromatic carbocycles. The second kappa shape index (κ2) is 5.18. The Morgan fingerprint density at radius 2 is 1.88 bits per heavy atom. The standard InChI is InChI=1S/C11H19N5O/c1-6-12-11(4,5)9(17)14-10-13-7(2)8(3)15-16-10/h12H,6H2,1-5H3,(H,13,14,16,17). The maximum Gasteiger partial charge on any atom is 0.249 e. The number of aromatic nitrogens is 3. The van der Waals surface area contributed by atoms with Gasteiger partial charge in [-0.25, -0.2) is 4.98 Å². The topological polar surface area (TPSA) is 79.8 Å². The Labute approximate surface area is 101 Å². The third-order valence-corrected chi connectivity index (χ3v) is 2.50. The molecule has 0 saturated heterocycles. The molecule has 0 spiro atoms. The molecule has 0 aliphatic heterocycles. The summed E-state index contributed by atoms with van der Waals surface area (Å²) >= 11 is 0. The molecule has 0 aliphatic rings. The highest BCUT2D eigenvalue weighted by Crippen LogP contribution is 2.07. The highest BCUT2D eigenvalue weighted by atomic mass is 16.2. The van der Waals surface area contributed by atoms with Crippen molar-refractivity contribution in [3.63, 3.8) is 0 Å². The van der Waals surface area contributed by atoms with Crippen molar-refractivity contribution in [2.45, 2.75) is 40.2 Å². The van der Waals surface area contributed by atoms with Crippen LogP contribution < -0.4 is 10.6 Å². The molecule has 1 aromatic rings. The van der Waals surface area contributed by atoms with Crippen LogP contribution in [0.4, 0.5) is 5.95 Å². The molecule has 2 N–H and O–H groups in total. The minimum absolute atomic E-state index is 0.176. The van der Waals surface area contributed by atoms with E-state index in [1.54, 1.807) is 13.8 Å². The first-order valence-electron chi connectivity index (χ1n) is 5.61. The van der Waals surface area contributed by atoms with Crippen LogP contribution in [0, 0.1) is 13.8 Å². The molecule has 0 saturated carbocycles. The first-order chi connectivity index (χ1) is 7.86. The predicted molar refractivity (Wildman–Crippen MR) is 65.7 cm³/mol. The van der Waals surface area contributed by atoms with Crippen molar-refractivity contribution in [1.29, 1.82) is 0 Å². The molecule has 0 bridgehead atoms.